The summed E-state index contributed by atoms with van der Waals surface area (Å²) >= 11 is 11.8. The SMILES string of the molecule is C=CCNC(=O)C(=O)N/N=C\c1cccc(OCC(=O)Nc2cc(Cl)cc(Cl)c2)c1. The van der Waals surface area contributed by atoms with Gasteiger partial charge in [0.15, 0.2) is 6.61 Å². The summed E-state index contributed by atoms with van der Waals surface area (Å²) in [4.78, 5) is 35.0. The second kappa shape index (κ2) is 11.6. The van der Waals surface area contributed by atoms with Crippen molar-refractivity contribution in [2.24, 2.45) is 5.10 Å². The highest BCUT2D eigenvalue weighted by molar-refractivity contribution is 6.35. The number of ether oxygens (including phenoxy) is 1. The summed E-state index contributed by atoms with van der Waals surface area (Å²) in [6.45, 7) is 3.36. The van der Waals surface area contributed by atoms with Gasteiger partial charge in [-0.2, -0.15) is 5.10 Å². The zero-order chi connectivity index (χ0) is 21.9. The molecule has 0 heterocycles. The predicted octanol–water partition coefficient (Wildman–Crippen LogP) is 2.76. The van der Waals surface area contributed by atoms with E-state index in [4.69, 9.17) is 27.9 Å². The van der Waals surface area contributed by atoms with Crippen LogP contribution in [0, 0.1) is 0 Å². The topological polar surface area (TPSA) is 109 Å². The largest absolute Gasteiger partial charge is 0.484 e. The van der Waals surface area contributed by atoms with E-state index in [0.717, 1.165) is 0 Å². The minimum atomic E-state index is -0.904. The molecule has 0 aliphatic heterocycles. The molecular formula is C20H18Cl2N4O4. The lowest BCUT2D eigenvalue weighted by Gasteiger charge is -2.08. The first kappa shape index (κ1) is 22.9. The van der Waals surface area contributed by atoms with Crippen LogP contribution in [-0.4, -0.2) is 37.1 Å². The Bertz CT molecular complexity index is 959. The maximum atomic E-state index is 12.0. The first-order chi connectivity index (χ1) is 14.4. The molecule has 156 valence electrons. The standard InChI is InChI=1S/C20H18Cl2N4O4/c1-2-6-23-19(28)20(29)26-24-11-13-4-3-5-17(7-13)30-12-18(27)25-16-9-14(21)8-15(22)10-16/h2-5,7-11H,1,6,12H2,(H,23,28)(H,25,27)(H,26,29)/b24-11-. The number of hydrogen-bond acceptors (Lipinski definition) is 5. The molecule has 0 fully saturated rings. The van der Waals surface area contributed by atoms with E-state index in [1.807, 2.05) is 0 Å². The lowest BCUT2D eigenvalue weighted by atomic mass is 10.2. The second-order valence-electron chi connectivity index (χ2n) is 5.77. The fourth-order valence-corrected chi connectivity index (χ4v) is 2.64. The smallest absolute Gasteiger partial charge is 0.329 e. The molecule has 30 heavy (non-hydrogen) atoms. The predicted molar refractivity (Wildman–Crippen MR) is 116 cm³/mol. The number of amides is 3. The molecule has 0 aromatic heterocycles. The zero-order valence-electron chi connectivity index (χ0n) is 15.7. The lowest BCUT2D eigenvalue weighted by molar-refractivity contribution is -0.139. The van der Waals surface area contributed by atoms with Gasteiger partial charge in [0.1, 0.15) is 5.75 Å². The Balaban J connectivity index is 1.86. The van der Waals surface area contributed by atoms with Crippen LogP contribution < -0.4 is 20.8 Å². The lowest BCUT2D eigenvalue weighted by Crippen LogP contribution is -2.37. The van der Waals surface area contributed by atoms with Gasteiger partial charge in [-0.25, -0.2) is 5.43 Å². The normalized spacial score (nSPS) is 10.3. The van der Waals surface area contributed by atoms with Gasteiger partial charge in [0.2, 0.25) is 0 Å². The third-order valence-electron chi connectivity index (χ3n) is 3.37. The Hall–Kier alpha value is -3.36. The summed E-state index contributed by atoms with van der Waals surface area (Å²) in [6, 6.07) is 11.3. The Kier molecular flexibility index (Phi) is 8.86. The monoisotopic (exact) mass is 448 g/mol. The van der Waals surface area contributed by atoms with Crippen molar-refractivity contribution < 1.29 is 19.1 Å². The molecule has 0 unspecified atom stereocenters. The minimum Gasteiger partial charge on any atom is -0.484 e. The molecule has 2 rings (SSSR count). The molecular weight excluding hydrogens is 431 g/mol. The number of hydrogen-bond donors (Lipinski definition) is 3. The first-order valence-corrected chi connectivity index (χ1v) is 9.34. The molecule has 2 aromatic carbocycles. The van der Waals surface area contributed by atoms with Crippen LogP contribution in [0.25, 0.3) is 0 Å². The van der Waals surface area contributed by atoms with E-state index in [9.17, 15) is 14.4 Å². The molecule has 10 heteroatoms. The number of carbonyl (C=O) groups excluding carboxylic acids is 3. The van der Waals surface area contributed by atoms with E-state index in [0.29, 0.717) is 27.0 Å². The fourth-order valence-electron chi connectivity index (χ4n) is 2.12. The van der Waals surface area contributed by atoms with Gasteiger partial charge in [0.05, 0.1) is 6.21 Å². The summed E-state index contributed by atoms with van der Waals surface area (Å²) in [6.07, 6.45) is 2.78. The number of anilines is 1. The number of halogens is 2. The molecule has 0 bridgehead atoms. The van der Waals surface area contributed by atoms with Gasteiger partial charge < -0.3 is 15.4 Å². The van der Waals surface area contributed by atoms with E-state index in [2.05, 4.69) is 27.7 Å². The Morgan fingerprint density at radius 1 is 1.07 bits per heavy atom. The molecule has 2 aromatic rings. The number of hydrazone groups is 1. The zero-order valence-corrected chi connectivity index (χ0v) is 17.2. The van der Waals surface area contributed by atoms with Gasteiger partial charge in [-0.15, -0.1) is 6.58 Å². The van der Waals surface area contributed by atoms with Crippen LogP contribution in [0.4, 0.5) is 5.69 Å². The quantitative estimate of drug-likeness (QED) is 0.249. The van der Waals surface area contributed by atoms with Gasteiger partial charge in [-0.3, -0.25) is 14.4 Å². The van der Waals surface area contributed by atoms with Crippen LogP contribution in [0.15, 0.2) is 60.2 Å². The second-order valence-corrected chi connectivity index (χ2v) is 6.64. The maximum Gasteiger partial charge on any atom is 0.329 e. The minimum absolute atomic E-state index is 0.174. The van der Waals surface area contributed by atoms with E-state index >= 15 is 0 Å². The summed E-state index contributed by atoms with van der Waals surface area (Å²) < 4.78 is 5.45. The molecule has 0 radical (unpaired) electrons. The number of nitrogens with one attached hydrogen (secondary N) is 3. The molecule has 0 atom stereocenters. The number of rotatable bonds is 8. The van der Waals surface area contributed by atoms with Crippen LogP contribution in [-0.2, 0) is 14.4 Å². The third-order valence-corrected chi connectivity index (χ3v) is 3.80. The highest BCUT2D eigenvalue weighted by Gasteiger charge is 2.10. The van der Waals surface area contributed by atoms with E-state index in [1.54, 1.807) is 42.5 Å². The summed E-state index contributed by atoms with van der Waals surface area (Å²) in [5.74, 6) is -1.71. The fraction of sp³-hybridized carbons (Fsp3) is 0.100. The van der Waals surface area contributed by atoms with E-state index in [1.165, 1.54) is 12.3 Å². The molecule has 0 aliphatic rings. The Morgan fingerprint density at radius 2 is 1.80 bits per heavy atom. The van der Waals surface area contributed by atoms with Gasteiger partial charge in [-0.1, -0.05) is 41.4 Å². The van der Waals surface area contributed by atoms with E-state index in [-0.39, 0.29) is 13.2 Å². The van der Waals surface area contributed by atoms with Crippen LogP contribution in [0.2, 0.25) is 10.0 Å². The van der Waals surface area contributed by atoms with Crippen LogP contribution in [0.1, 0.15) is 5.56 Å². The third kappa shape index (κ3) is 7.94. The van der Waals surface area contributed by atoms with Crippen molar-refractivity contribution in [3.8, 4) is 5.75 Å². The first-order valence-electron chi connectivity index (χ1n) is 8.58. The molecule has 3 N–H and O–H groups in total. The van der Waals surface area contributed by atoms with E-state index < -0.39 is 17.7 Å². The van der Waals surface area contributed by atoms with Crippen molar-refractivity contribution in [2.45, 2.75) is 0 Å². The van der Waals surface area contributed by atoms with Crippen molar-refractivity contribution in [3.05, 3.63) is 70.7 Å². The van der Waals surface area contributed by atoms with Crippen molar-refractivity contribution >= 4 is 52.8 Å². The highest BCUT2D eigenvalue weighted by Crippen LogP contribution is 2.22. The van der Waals surface area contributed by atoms with Crippen LogP contribution >= 0.6 is 23.2 Å². The molecule has 0 saturated carbocycles. The van der Waals surface area contributed by atoms with Gasteiger partial charge >= 0.3 is 11.8 Å². The summed E-state index contributed by atoms with van der Waals surface area (Å²) in [7, 11) is 0. The van der Waals surface area contributed by atoms with Crippen molar-refractivity contribution in [1.29, 1.82) is 0 Å². The number of benzene rings is 2. The summed E-state index contributed by atoms with van der Waals surface area (Å²) in [5.41, 5.74) is 3.14. The average molecular weight is 449 g/mol. The Morgan fingerprint density at radius 3 is 2.50 bits per heavy atom. The highest BCUT2D eigenvalue weighted by atomic mass is 35.5. The van der Waals surface area contributed by atoms with Crippen LogP contribution in [0.3, 0.4) is 0 Å². The van der Waals surface area contributed by atoms with Crippen LogP contribution in [0.5, 0.6) is 5.75 Å². The van der Waals surface area contributed by atoms with Gasteiger partial charge in [-0.05, 0) is 35.9 Å². The maximum absolute atomic E-state index is 12.0. The Labute approximate surface area is 182 Å². The van der Waals surface area contributed by atoms with Gasteiger partial charge in [0, 0.05) is 22.3 Å². The molecule has 0 spiro atoms. The van der Waals surface area contributed by atoms with Crippen molar-refractivity contribution in [3.63, 3.8) is 0 Å². The average Bonchev–Trinajstić information content (AvgIpc) is 2.70. The van der Waals surface area contributed by atoms with Crippen molar-refractivity contribution in [2.75, 3.05) is 18.5 Å². The number of carbonyl (C=O) groups is 3. The summed E-state index contributed by atoms with van der Waals surface area (Å²) in [5, 5.41) is 9.46. The molecule has 8 nitrogen and oxygen atoms in total. The molecule has 0 aliphatic carbocycles. The van der Waals surface area contributed by atoms with Crippen molar-refractivity contribution in [1.82, 2.24) is 10.7 Å². The number of nitrogens with zero attached hydrogens (tertiary/aromatic N) is 1. The van der Waals surface area contributed by atoms with Gasteiger partial charge in [0.25, 0.3) is 5.91 Å². The molecule has 0 saturated heterocycles. The molecule has 3 amide bonds.